The highest BCUT2D eigenvalue weighted by Crippen LogP contribution is 2.48. The third kappa shape index (κ3) is 4.38. The summed E-state index contributed by atoms with van der Waals surface area (Å²) >= 11 is 0. The fraction of sp³-hybridized carbons (Fsp3) is 0.375. The van der Waals surface area contributed by atoms with E-state index in [-0.39, 0.29) is 24.2 Å². The fourth-order valence-electron chi connectivity index (χ4n) is 7.15. The van der Waals surface area contributed by atoms with Gasteiger partial charge in [0.2, 0.25) is 0 Å². The van der Waals surface area contributed by atoms with E-state index in [1.54, 1.807) is 6.07 Å². The third-order valence-corrected chi connectivity index (χ3v) is 9.19. The van der Waals surface area contributed by atoms with E-state index >= 15 is 0 Å². The Hall–Kier alpha value is -3.82. The number of rotatable bonds is 5. The number of imidazole rings is 2. The Bertz CT molecular complexity index is 1630. The molecule has 5 heterocycles. The van der Waals surface area contributed by atoms with Crippen LogP contribution in [0, 0.1) is 11.6 Å². The molecule has 5 aromatic rings. The lowest BCUT2D eigenvalue weighted by Crippen LogP contribution is -2.26. The van der Waals surface area contributed by atoms with Crippen molar-refractivity contribution in [3.63, 3.8) is 0 Å². The molecule has 0 aliphatic carbocycles. The normalized spacial score (nSPS) is 24.8. The van der Waals surface area contributed by atoms with Gasteiger partial charge in [0, 0.05) is 11.8 Å². The maximum absolute atomic E-state index is 14.6. The van der Waals surface area contributed by atoms with E-state index < -0.39 is 11.6 Å². The molecule has 3 aliphatic rings. The van der Waals surface area contributed by atoms with E-state index in [2.05, 4.69) is 61.9 Å². The molecule has 4 N–H and O–H groups in total. The zero-order valence-electron chi connectivity index (χ0n) is 22.8. The Balaban J connectivity index is 1.17. The van der Waals surface area contributed by atoms with Gasteiger partial charge in [-0.2, -0.15) is 0 Å². The van der Waals surface area contributed by atoms with Gasteiger partial charge in [-0.15, -0.1) is 0 Å². The molecular weight excluding hydrogens is 520 g/mol. The van der Waals surface area contributed by atoms with Crippen molar-refractivity contribution in [2.45, 2.75) is 62.7 Å². The maximum atomic E-state index is 14.6. The minimum atomic E-state index is -0.833. The summed E-state index contributed by atoms with van der Waals surface area (Å²) in [4.78, 5) is 19.0. The van der Waals surface area contributed by atoms with Crippen LogP contribution in [-0.2, 0) is 0 Å². The van der Waals surface area contributed by atoms with Gasteiger partial charge in [-0.3, -0.25) is 0 Å². The first kappa shape index (κ1) is 24.9. The van der Waals surface area contributed by atoms with Crippen LogP contribution in [0.25, 0.3) is 22.1 Å². The first-order valence-corrected chi connectivity index (χ1v) is 14.8. The van der Waals surface area contributed by atoms with E-state index in [9.17, 15) is 8.78 Å². The SMILES string of the molecule is Fc1ccc(N2[C@@H](c3ccc4nc([C@@H]5CCCN5)[nH]c4c3)CC[C@H]2c2ccc3nc([C@@H]4CCCN4)[nH]c3c2)cc1F. The molecule has 0 spiro atoms. The van der Waals surface area contributed by atoms with Gasteiger partial charge in [0.05, 0.1) is 46.2 Å². The molecule has 2 aromatic heterocycles. The van der Waals surface area contributed by atoms with Crippen LogP contribution in [0.2, 0.25) is 0 Å². The van der Waals surface area contributed by atoms with Crippen LogP contribution in [0.3, 0.4) is 0 Å². The summed E-state index contributed by atoms with van der Waals surface area (Å²) in [6, 6.07) is 17.6. The van der Waals surface area contributed by atoms with Crippen molar-refractivity contribution in [3.8, 4) is 0 Å². The summed E-state index contributed by atoms with van der Waals surface area (Å²) in [5.74, 6) is 0.301. The number of benzene rings is 3. The molecule has 0 saturated carbocycles. The van der Waals surface area contributed by atoms with Gasteiger partial charge in [-0.25, -0.2) is 18.7 Å². The Morgan fingerprint density at radius 1 is 0.634 bits per heavy atom. The highest BCUT2D eigenvalue weighted by atomic mass is 19.2. The molecule has 41 heavy (non-hydrogen) atoms. The number of aromatic nitrogens is 4. The predicted molar refractivity (Wildman–Crippen MR) is 156 cm³/mol. The predicted octanol–water partition coefficient (Wildman–Crippen LogP) is 6.65. The summed E-state index contributed by atoms with van der Waals surface area (Å²) in [7, 11) is 0. The maximum Gasteiger partial charge on any atom is 0.160 e. The molecule has 0 radical (unpaired) electrons. The van der Waals surface area contributed by atoms with Crippen molar-refractivity contribution >= 4 is 27.8 Å². The average molecular weight is 554 g/mol. The smallest absolute Gasteiger partial charge is 0.160 e. The van der Waals surface area contributed by atoms with Crippen LogP contribution in [0.5, 0.6) is 0 Å². The average Bonchev–Trinajstić information content (AvgIpc) is 3.82. The van der Waals surface area contributed by atoms with E-state index in [0.29, 0.717) is 5.69 Å². The highest BCUT2D eigenvalue weighted by Gasteiger charge is 2.36. The minimum absolute atomic E-state index is 0.00123. The second kappa shape index (κ2) is 9.92. The molecule has 8 rings (SSSR count). The van der Waals surface area contributed by atoms with Crippen LogP contribution in [0.1, 0.15) is 85.5 Å². The molecular formula is C32H33F2N7. The molecule has 0 amide bonds. The van der Waals surface area contributed by atoms with Gasteiger partial charge < -0.3 is 25.5 Å². The molecule has 3 aliphatic heterocycles. The summed E-state index contributed by atoms with van der Waals surface area (Å²) in [5.41, 5.74) is 6.86. The molecule has 3 aromatic carbocycles. The van der Waals surface area contributed by atoms with Crippen molar-refractivity contribution in [2.24, 2.45) is 0 Å². The third-order valence-electron chi connectivity index (χ3n) is 9.19. The van der Waals surface area contributed by atoms with Crippen molar-refractivity contribution in [1.29, 1.82) is 0 Å². The van der Waals surface area contributed by atoms with Gasteiger partial charge in [-0.1, -0.05) is 12.1 Å². The Morgan fingerprint density at radius 3 is 1.68 bits per heavy atom. The van der Waals surface area contributed by atoms with Crippen LogP contribution in [-0.4, -0.2) is 33.0 Å². The van der Waals surface area contributed by atoms with Gasteiger partial charge in [0.15, 0.2) is 11.6 Å². The topological polar surface area (TPSA) is 84.7 Å². The quantitative estimate of drug-likeness (QED) is 0.196. The molecule has 0 unspecified atom stereocenters. The molecule has 3 fully saturated rings. The second-order valence-electron chi connectivity index (χ2n) is 11.7. The molecule has 210 valence electrons. The molecule has 7 nitrogen and oxygen atoms in total. The van der Waals surface area contributed by atoms with Crippen molar-refractivity contribution < 1.29 is 8.78 Å². The van der Waals surface area contributed by atoms with Crippen LogP contribution >= 0.6 is 0 Å². The van der Waals surface area contributed by atoms with E-state index in [0.717, 1.165) is 96.5 Å². The Kier molecular flexibility index (Phi) is 6.03. The van der Waals surface area contributed by atoms with E-state index in [1.165, 1.54) is 12.1 Å². The van der Waals surface area contributed by atoms with Gasteiger partial charge in [0.25, 0.3) is 0 Å². The summed E-state index contributed by atoms with van der Waals surface area (Å²) in [6.45, 7) is 2.03. The Morgan fingerprint density at radius 2 is 1.20 bits per heavy atom. The standard InChI is InChI=1S/C32H33F2N7/c33-21-8-7-20(17-22(21)34)41-29(18-5-9-23-27(15-18)39-31(37-23)25-3-1-13-35-25)11-12-30(41)19-6-10-24-28(16-19)40-32(38-24)26-4-2-14-36-26/h5-10,15-17,25-26,29-30,35-36H,1-4,11-14H2,(H,37,39)(H,38,40)/t25-,26-,29-,30+/m0/s1. The Labute approximate surface area is 236 Å². The lowest BCUT2D eigenvalue weighted by molar-refractivity contribution is 0.507. The van der Waals surface area contributed by atoms with Crippen molar-refractivity contribution in [3.05, 3.63) is 89.0 Å². The first-order chi connectivity index (χ1) is 20.1. The van der Waals surface area contributed by atoms with Crippen molar-refractivity contribution in [2.75, 3.05) is 18.0 Å². The largest absolute Gasteiger partial charge is 0.357 e. The summed E-state index contributed by atoms with van der Waals surface area (Å²) < 4.78 is 28.6. The highest BCUT2D eigenvalue weighted by molar-refractivity contribution is 5.78. The fourth-order valence-corrected chi connectivity index (χ4v) is 7.15. The monoisotopic (exact) mass is 553 g/mol. The summed E-state index contributed by atoms with van der Waals surface area (Å²) in [5, 5.41) is 7.03. The number of fused-ring (bicyclic) bond motifs is 2. The second-order valence-corrected chi connectivity index (χ2v) is 11.7. The van der Waals surface area contributed by atoms with Crippen molar-refractivity contribution in [1.82, 2.24) is 30.6 Å². The van der Waals surface area contributed by atoms with E-state index in [4.69, 9.17) is 9.97 Å². The number of hydrogen-bond donors (Lipinski definition) is 4. The van der Waals surface area contributed by atoms with Crippen LogP contribution < -0.4 is 15.5 Å². The lowest BCUT2D eigenvalue weighted by Gasteiger charge is -2.33. The van der Waals surface area contributed by atoms with Gasteiger partial charge in [0.1, 0.15) is 11.6 Å². The van der Waals surface area contributed by atoms with Crippen LogP contribution in [0.4, 0.5) is 14.5 Å². The minimum Gasteiger partial charge on any atom is -0.357 e. The van der Waals surface area contributed by atoms with Gasteiger partial charge >= 0.3 is 0 Å². The zero-order valence-corrected chi connectivity index (χ0v) is 22.8. The number of aromatic amines is 2. The molecule has 9 heteroatoms. The number of nitrogens with one attached hydrogen (secondary N) is 4. The first-order valence-electron chi connectivity index (χ1n) is 14.8. The van der Waals surface area contributed by atoms with Gasteiger partial charge in [-0.05, 0) is 99.1 Å². The van der Waals surface area contributed by atoms with E-state index in [1.807, 2.05) is 0 Å². The number of anilines is 1. The lowest BCUT2D eigenvalue weighted by atomic mass is 10.0. The van der Waals surface area contributed by atoms with Crippen LogP contribution in [0.15, 0.2) is 54.6 Å². The number of halogens is 2. The number of hydrogen-bond acceptors (Lipinski definition) is 5. The molecule has 0 bridgehead atoms. The molecule has 4 atom stereocenters. The zero-order chi connectivity index (χ0) is 27.5. The number of nitrogens with zero attached hydrogens (tertiary/aromatic N) is 3. The summed E-state index contributed by atoms with van der Waals surface area (Å²) in [6.07, 6.45) is 6.25. The number of H-pyrrole nitrogens is 2. The molecule has 3 saturated heterocycles.